The minimum atomic E-state index is -0.148. The second kappa shape index (κ2) is 8.40. The molecule has 2 heterocycles. The first-order valence-electron chi connectivity index (χ1n) is 9.47. The van der Waals surface area contributed by atoms with Crippen molar-refractivity contribution in [1.82, 2.24) is 4.98 Å². The first-order valence-corrected chi connectivity index (χ1v) is 10.3. The van der Waals surface area contributed by atoms with Gasteiger partial charge in [0, 0.05) is 12.0 Å². The second-order valence-corrected chi connectivity index (χ2v) is 8.93. The molecule has 0 aliphatic carbocycles. The molecule has 1 N–H and O–H groups in total. The number of rotatable bonds is 5. The van der Waals surface area contributed by atoms with Crippen LogP contribution in [0.25, 0.3) is 0 Å². The van der Waals surface area contributed by atoms with Gasteiger partial charge in [-0.15, -0.1) is 11.3 Å². The van der Waals surface area contributed by atoms with E-state index >= 15 is 0 Å². The SMILES string of the molecule is Cc1nc(C(C)(C)C)sc1C(=O)Nc1ccccc1OCC1CCCCO1. The normalized spacial score (nSPS) is 17.6. The summed E-state index contributed by atoms with van der Waals surface area (Å²) in [5.41, 5.74) is 1.36. The van der Waals surface area contributed by atoms with E-state index in [9.17, 15) is 4.79 Å². The average Bonchev–Trinajstić information content (AvgIpc) is 3.04. The Morgan fingerprint density at radius 3 is 2.78 bits per heavy atom. The predicted molar refractivity (Wildman–Crippen MR) is 109 cm³/mol. The monoisotopic (exact) mass is 388 g/mol. The molecule has 1 amide bonds. The Morgan fingerprint density at radius 2 is 2.11 bits per heavy atom. The molecule has 3 rings (SSSR count). The van der Waals surface area contributed by atoms with Gasteiger partial charge in [0.15, 0.2) is 0 Å². The van der Waals surface area contributed by atoms with Gasteiger partial charge in [-0.05, 0) is 38.3 Å². The van der Waals surface area contributed by atoms with Crippen molar-refractivity contribution in [3.8, 4) is 5.75 Å². The van der Waals surface area contributed by atoms with Gasteiger partial charge in [0.05, 0.1) is 22.5 Å². The van der Waals surface area contributed by atoms with Crippen LogP contribution in [-0.2, 0) is 10.2 Å². The van der Waals surface area contributed by atoms with Gasteiger partial charge in [0.2, 0.25) is 0 Å². The van der Waals surface area contributed by atoms with Crippen molar-refractivity contribution < 1.29 is 14.3 Å². The smallest absolute Gasteiger partial charge is 0.267 e. The van der Waals surface area contributed by atoms with Crippen molar-refractivity contribution in [1.29, 1.82) is 0 Å². The minimum absolute atomic E-state index is 0.0744. The Morgan fingerprint density at radius 1 is 1.33 bits per heavy atom. The van der Waals surface area contributed by atoms with Crippen molar-refractivity contribution in [2.45, 2.75) is 58.5 Å². The number of thiazole rings is 1. The van der Waals surface area contributed by atoms with E-state index < -0.39 is 0 Å². The van der Waals surface area contributed by atoms with Crippen LogP contribution in [0.2, 0.25) is 0 Å². The minimum Gasteiger partial charge on any atom is -0.489 e. The number of amides is 1. The van der Waals surface area contributed by atoms with Crippen molar-refractivity contribution in [2.75, 3.05) is 18.5 Å². The van der Waals surface area contributed by atoms with Crippen molar-refractivity contribution in [3.63, 3.8) is 0 Å². The quantitative estimate of drug-likeness (QED) is 0.787. The number of ether oxygens (including phenoxy) is 2. The highest BCUT2D eigenvalue weighted by Gasteiger charge is 2.23. The van der Waals surface area contributed by atoms with Gasteiger partial charge in [-0.3, -0.25) is 4.79 Å². The van der Waals surface area contributed by atoms with Gasteiger partial charge in [-0.25, -0.2) is 4.98 Å². The maximum atomic E-state index is 12.8. The molecule has 1 aliphatic rings. The average molecular weight is 389 g/mol. The molecule has 1 aromatic carbocycles. The highest BCUT2D eigenvalue weighted by atomic mass is 32.1. The summed E-state index contributed by atoms with van der Waals surface area (Å²) in [6.07, 6.45) is 3.44. The van der Waals surface area contributed by atoms with Gasteiger partial charge in [-0.2, -0.15) is 0 Å². The molecule has 146 valence electrons. The summed E-state index contributed by atoms with van der Waals surface area (Å²) in [4.78, 5) is 18.0. The van der Waals surface area contributed by atoms with Crippen LogP contribution in [0.4, 0.5) is 5.69 Å². The van der Waals surface area contributed by atoms with Crippen LogP contribution >= 0.6 is 11.3 Å². The predicted octanol–water partition coefficient (Wildman–Crippen LogP) is 4.95. The molecule has 0 spiro atoms. The number of nitrogens with zero attached hydrogens (tertiary/aromatic N) is 1. The lowest BCUT2D eigenvalue weighted by Gasteiger charge is -2.23. The molecule has 5 nitrogen and oxygen atoms in total. The number of hydrogen-bond donors (Lipinski definition) is 1. The topological polar surface area (TPSA) is 60.5 Å². The number of anilines is 1. The molecule has 1 unspecified atom stereocenters. The third-order valence-electron chi connectivity index (χ3n) is 4.48. The fourth-order valence-corrected chi connectivity index (χ4v) is 3.94. The lowest BCUT2D eigenvalue weighted by molar-refractivity contribution is -0.0109. The third kappa shape index (κ3) is 5.08. The maximum absolute atomic E-state index is 12.8. The van der Waals surface area contributed by atoms with Crippen molar-refractivity contribution in [3.05, 3.63) is 39.8 Å². The van der Waals surface area contributed by atoms with E-state index in [4.69, 9.17) is 9.47 Å². The molecule has 1 fully saturated rings. The Balaban J connectivity index is 1.70. The largest absolute Gasteiger partial charge is 0.489 e. The van der Waals surface area contributed by atoms with Crippen LogP contribution in [0.5, 0.6) is 5.75 Å². The van der Waals surface area contributed by atoms with Crippen LogP contribution in [0.3, 0.4) is 0 Å². The number of aromatic nitrogens is 1. The summed E-state index contributed by atoms with van der Waals surface area (Å²) >= 11 is 1.45. The fourth-order valence-electron chi connectivity index (χ4n) is 2.92. The molecule has 2 aromatic rings. The first-order chi connectivity index (χ1) is 12.8. The highest BCUT2D eigenvalue weighted by molar-refractivity contribution is 7.14. The van der Waals surface area contributed by atoms with Crippen LogP contribution in [0.15, 0.2) is 24.3 Å². The number of carbonyl (C=O) groups is 1. The lowest BCUT2D eigenvalue weighted by atomic mass is 9.98. The molecule has 1 aromatic heterocycles. The van der Waals surface area contributed by atoms with Gasteiger partial charge in [-0.1, -0.05) is 32.9 Å². The van der Waals surface area contributed by atoms with Crippen LogP contribution in [0.1, 0.15) is 60.4 Å². The number of aryl methyl sites for hydroxylation is 1. The Bertz CT molecular complexity index is 789. The van der Waals surface area contributed by atoms with Gasteiger partial charge in [0.25, 0.3) is 5.91 Å². The fraction of sp³-hybridized carbons (Fsp3) is 0.524. The van der Waals surface area contributed by atoms with E-state index in [2.05, 4.69) is 31.1 Å². The molecule has 0 saturated carbocycles. The molecule has 6 heteroatoms. The molecule has 0 bridgehead atoms. The van der Waals surface area contributed by atoms with Gasteiger partial charge < -0.3 is 14.8 Å². The van der Waals surface area contributed by atoms with Crippen LogP contribution in [-0.4, -0.2) is 30.2 Å². The van der Waals surface area contributed by atoms with Gasteiger partial charge >= 0.3 is 0 Å². The molecular formula is C21H28N2O3S. The number of hydrogen-bond acceptors (Lipinski definition) is 5. The zero-order valence-electron chi connectivity index (χ0n) is 16.5. The summed E-state index contributed by atoms with van der Waals surface area (Å²) in [5.74, 6) is 0.517. The van der Waals surface area contributed by atoms with Crippen LogP contribution < -0.4 is 10.1 Å². The Hall–Kier alpha value is -1.92. The molecule has 1 aliphatic heterocycles. The summed E-state index contributed by atoms with van der Waals surface area (Å²) in [6, 6.07) is 7.52. The lowest BCUT2D eigenvalue weighted by Crippen LogP contribution is -2.26. The Kier molecular flexibility index (Phi) is 6.17. The summed E-state index contributed by atoms with van der Waals surface area (Å²) in [5, 5.41) is 3.95. The third-order valence-corrected chi connectivity index (χ3v) is 6.06. The number of benzene rings is 1. The second-order valence-electron chi connectivity index (χ2n) is 7.93. The molecule has 27 heavy (non-hydrogen) atoms. The van der Waals surface area contributed by atoms with E-state index in [1.54, 1.807) is 0 Å². The molecule has 1 atom stereocenters. The summed E-state index contributed by atoms with van der Waals surface area (Å²) < 4.78 is 11.7. The summed E-state index contributed by atoms with van der Waals surface area (Å²) in [7, 11) is 0. The summed E-state index contributed by atoms with van der Waals surface area (Å²) in [6.45, 7) is 9.48. The van der Waals surface area contributed by atoms with E-state index in [1.165, 1.54) is 17.8 Å². The Labute approximate surface area is 165 Å². The highest BCUT2D eigenvalue weighted by Crippen LogP contribution is 2.31. The number of para-hydroxylation sites is 2. The van der Waals surface area contributed by atoms with Gasteiger partial charge in [0.1, 0.15) is 17.2 Å². The van der Waals surface area contributed by atoms with E-state index in [0.29, 0.717) is 22.9 Å². The zero-order chi connectivity index (χ0) is 19.4. The first kappa shape index (κ1) is 19.8. The molecule has 0 radical (unpaired) electrons. The number of carbonyl (C=O) groups excluding carboxylic acids is 1. The van der Waals surface area contributed by atoms with Crippen LogP contribution in [0, 0.1) is 6.92 Å². The van der Waals surface area contributed by atoms with Crippen molar-refractivity contribution >= 4 is 22.9 Å². The molecule has 1 saturated heterocycles. The van der Waals surface area contributed by atoms with E-state index in [1.807, 2.05) is 31.2 Å². The van der Waals surface area contributed by atoms with E-state index in [-0.39, 0.29) is 17.4 Å². The number of nitrogens with one attached hydrogen (secondary N) is 1. The van der Waals surface area contributed by atoms with Crippen molar-refractivity contribution in [2.24, 2.45) is 0 Å². The maximum Gasteiger partial charge on any atom is 0.267 e. The molecular weight excluding hydrogens is 360 g/mol. The zero-order valence-corrected chi connectivity index (χ0v) is 17.3. The standard InChI is InChI=1S/C21H28N2O3S/c1-14-18(27-20(22-14)21(2,3)4)19(24)23-16-10-5-6-11-17(16)26-13-15-9-7-8-12-25-15/h5-6,10-11,15H,7-9,12-13H2,1-4H3,(H,23,24). The van der Waals surface area contributed by atoms with E-state index in [0.717, 1.165) is 30.2 Å².